The molecule has 0 radical (unpaired) electrons. The van der Waals surface area contributed by atoms with Gasteiger partial charge >= 0.3 is 0 Å². The number of nitrogens with zero attached hydrogens (tertiary/aromatic N) is 3. The molecule has 0 fully saturated rings. The number of fused-ring (bicyclic) bond motifs is 1. The molecule has 0 saturated heterocycles. The molecule has 7 heteroatoms. The summed E-state index contributed by atoms with van der Waals surface area (Å²) in [7, 11) is 1.85. The average molecular weight is 382 g/mol. The van der Waals surface area contributed by atoms with Gasteiger partial charge in [-0.2, -0.15) is 0 Å². The van der Waals surface area contributed by atoms with Crippen molar-refractivity contribution >= 4 is 11.4 Å². The van der Waals surface area contributed by atoms with Gasteiger partial charge in [-0.3, -0.25) is 4.90 Å². The summed E-state index contributed by atoms with van der Waals surface area (Å²) in [6.45, 7) is 0.831. The molecule has 0 bridgehead atoms. The van der Waals surface area contributed by atoms with Crippen LogP contribution in [0.3, 0.4) is 0 Å². The van der Waals surface area contributed by atoms with Gasteiger partial charge in [0.15, 0.2) is 0 Å². The predicted octanol–water partition coefficient (Wildman–Crippen LogP) is 4.02. The predicted molar refractivity (Wildman–Crippen MR) is 102 cm³/mol. The van der Waals surface area contributed by atoms with Gasteiger partial charge in [-0.1, -0.05) is 12.1 Å². The van der Waals surface area contributed by atoms with Gasteiger partial charge < -0.3 is 5.73 Å². The van der Waals surface area contributed by atoms with Crippen LogP contribution in [-0.4, -0.2) is 28.7 Å². The zero-order valence-electron chi connectivity index (χ0n) is 15.1. The minimum absolute atomic E-state index is 0.234. The molecule has 28 heavy (non-hydrogen) atoms. The van der Waals surface area contributed by atoms with Gasteiger partial charge in [0.2, 0.25) is 0 Å². The van der Waals surface area contributed by atoms with E-state index in [1.54, 1.807) is 24.3 Å². The van der Waals surface area contributed by atoms with Crippen molar-refractivity contribution in [2.75, 3.05) is 19.3 Å². The number of likely N-dealkylation sites (N-methyl/N-ethyl adjacent to an activating group) is 1. The number of rotatable bonds is 2. The van der Waals surface area contributed by atoms with Crippen LogP contribution in [-0.2, 0) is 6.54 Å². The maximum atomic E-state index is 15.4. The standard InChI is InChI=1S/C21H17F3N4/c1-28-9-8-14(15-3-2-12(22)10-18(15)23)13-4-5-16(21(24)17(13)11-28)19-6-7-20(25)27-26-19/h2-8,10H,9,11H2,1H3,(H2,25,27). The van der Waals surface area contributed by atoms with Crippen molar-refractivity contribution in [1.82, 2.24) is 15.1 Å². The fourth-order valence-electron chi connectivity index (χ4n) is 3.37. The maximum absolute atomic E-state index is 15.4. The smallest absolute Gasteiger partial charge is 0.146 e. The molecular weight excluding hydrogens is 365 g/mol. The first kappa shape index (κ1) is 18.2. The Labute approximate surface area is 160 Å². The van der Waals surface area contributed by atoms with Crippen LogP contribution in [0.4, 0.5) is 19.0 Å². The lowest BCUT2D eigenvalue weighted by Crippen LogP contribution is -2.17. The first-order valence-corrected chi connectivity index (χ1v) is 8.69. The summed E-state index contributed by atoms with van der Waals surface area (Å²) in [5.74, 6) is -1.54. The van der Waals surface area contributed by atoms with Crippen LogP contribution in [0.1, 0.15) is 16.7 Å². The van der Waals surface area contributed by atoms with Crippen molar-refractivity contribution in [3.8, 4) is 11.3 Å². The van der Waals surface area contributed by atoms with Crippen LogP contribution in [0.5, 0.6) is 0 Å². The number of anilines is 1. The van der Waals surface area contributed by atoms with E-state index in [1.165, 1.54) is 12.1 Å². The zero-order chi connectivity index (χ0) is 19.8. The number of hydrogen-bond acceptors (Lipinski definition) is 4. The van der Waals surface area contributed by atoms with Gasteiger partial charge in [-0.15, -0.1) is 10.2 Å². The molecule has 0 aliphatic carbocycles. The van der Waals surface area contributed by atoms with Crippen LogP contribution in [0.25, 0.3) is 16.8 Å². The van der Waals surface area contributed by atoms with Gasteiger partial charge in [0, 0.05) is 35.8 Å². The topological polar surface area (TPSA) is 55.0 Å². The summed E-state index contributed by atoms with van der Waals surface area (Å²) in [6.07, 6.45) is 1.82. The summed E-state index contributed by atoms with van der Waals surface area (Å²) in [4.78, 5) is 1.91. The fraction of sp³-hybridized carbons (Fsp3) is 0.143. The van der Waals surface area contributed by atoms with Gasteiger partial charge in [-0.25, -0.2) is 13.2 Å². The zero-order valence-corrected chi connectivity index (χ0v) is 15.1. The van der Waals surface area contributed by atoms with E-state index in [9.17, 15) is 8.78 Å². The van der Waals surface area contributed by atoms with E-state index in [-0.39, 0.29) is 11.4 Å². The summed E-state index contributed by atoms with van der Waals surface area (Å²) in [5.41, 5.74) is 7.97. The van der Waals surface area contributed by atoms with Gasteiger partial charge in [0.05, 0.1) is 5.69 Å². The minimum Gasteiger partial charge on any atom is -0.382 e. The fourth-order valence-corrected chi connectivity index (χ4v) is 3.37. The van der Waals surface area contributed by atoms with Crippen molar-refractivity contribution in [3.05, 3.63) is 82.7 Å². The quantitative estimate of drug-likeness (QED) is 0.727. The van der Waals surface area contributed by atoms with E-state index in [0.29, 0.717) is 41.0 Å². The molecule has 4 nitrogen and oxygen atoms in total. The highest BCUT2D eigenvalue weighted by Crippen LogP contribution is 2.35. The number of hydrogen-bond donors (Lipinski definition) is 1. The Morgan fingerprint density at radius 2 is 1.68 bits per heavy atom. The molecule has 2 heterocycles. The highest BCUT2D eigenvalue weighted by Gasteiger charge is 2.23. The molecule has 0 amide bonds. The van der Waals surface area contributed by atoms with Gasteiger partial charge in [-0.05, 0) is 48.5 Å². The molecule has 0 saturated carbocycles. The first-order valence-electron chi connectivity index (χ1n) is 8.69. The largest absolute Gasteiger partial charge is 0.382 e. The Hall–Kier alpha value is -3.19. The summed E-state index contributed by atoms with van der Waals surface area (Å²) < 4.78 is 43.2. The molecule has 0 unspecified atom stereocenters. The normalized spacial score (nSPS) is 14.4. The second-order valence-corrected chi connectivity index (χ2v) is 6.74. The third kappa shape index (κ3) is 3.25. The lowest BCUT2D eigenvalue weighted by molar-refractivity contribution is 0.358. The molecule has 1 aromatic heterocycles. The van der Waals surface area contributed by atoms with Crippen molar-refractivity contribution < 1.29 is 13.2 Å². The lowest BCUT2D eigenvalue weighted by Gasteiger charge is -2.17. The van der Waals surface area contributed by atoms with Crippen LogP contribution < -0.4 is 5.73 Å². The average Bonchev–Trinajstić information content (AvgIpc) is 2.83. The molecule has 1 aliphatic heterocycles. The Kier molecular flexibility index (Phi) is 4.60. The van der Waals surface area contributed by atoms with Crippen LogP contribution in [0.15, 0.2) is 48.5 Å². The van der Waals surface area contributed by atoms with Crippen molar-refractivity contribution in [2.45, 2.75) is 6.54 Å². The van der Waals surface area contributed by atoms with Crippen LogP contribution in [0, 0.1) is 17.5 Å². The van der Waals surface area contributed by atoms with Gasteiger partial charge in [0.1, 0.15) is 23.3 Å². The van der Waals surface area contributed by atoms with Crippen LogP contribution >= 0.6 is 0 Å². The van der Waals surface area contributed by atoms with Gasteiger partial charge in [0.25, 0.3) is 0 Å². The molecule has 2 aromatic carbocycles. The summed E-state index contributed by atoms with van der Waals surface area (Å²) >= 11 is 0. The van der Waals surface area contributed by atoms with Crippen molar-refractivity contribution in [1.29, 1.82) is 0 Å². The first-order chi connectivity index (χ1) is 13.4. The SMILES string of the molecule is CN1CC=C(c2ccc(F)cc2F)c2ccc(-c3ccc(N)nn3)c(F)c2C1. The minimum atomic E-state index is -0.685. The number of nitrogen functional groups attached to an aromatic ring is 1. The van der Waals surface area contributed by atoms with E-state index in [0.717, 1.165) is 6.07 Å². The molecule has 4 rings (SSSR count). The lowest BCUT2D eigenvalue weighted by atomic mass is 9.91. The monoisotopic (exact) mass is 382 g/mol. The molecule has 0 spiro atoms. The second kappa shape index (κ2) is 7.09. The third-order valence-electron chi connectivity index (χ3n) is 4.75. The van der Waals surface area contributed by atoms with Crippen LogP contribution in [0.2, 0.25) is 0 Å². The Morgan fingerprint density at radius 3 is 2.39 bits per heavy atom. The number of aromatic nitrogens is 2. The Morgan fingerprint density at radius 1 is 0.929 bits per heavy atom. The number of benzene rings is 2. The highest BCUT2D eigenvalue weighted by atomic mass is 19.1. The maximum Gasteiger partial charge on any atom is 0.146 e. The third-order valence-corrected chi connectivity index (χ3v) is 4.75. The Bertz CT molecular complexity index is 1080. The molecule has 0 atom stereocenters. The van der Waals surface area contributed by atoms with E-state index in [4.69, 9.17) is 5.73 Å². The summed E-state index contributed by atoms with van der Waals surface area (Å²) in [6, 6.07) is 9.89. The number of nitrogens with two attached hydrogens (primary N) is 1. The van der Waals surface area contributed by atoms with Crippen molar-refractivity contribution in [3.63, 3.8) is 0 Å². The second-order valence-electron chi connectivity index (χ2n) is 6.74. The van der Waals surface area contributed by atoms with E-state index < -0.39 is 17.5 Å². The Balaban J connectivity index is 1.88. The molecule has 1 aliphatic rings. The summed E-state index contributed by atoms with van der Waals surface area (Å²) in [5, 5.41) is 7.74. The highest BCUT2D eigenvalue weighted by molar-refractivity contribution is 5.83. The van der Waals surface area contributed by atoms with E-state index in [1.807, 2.05) is 18.0 Å². The molecule has 3 aromatic rings. The number of halogens is 3. The van der Waals surface area contributed by atoms with E-state index >= 15 is 4.39 Å². The molecule has 142 valence electrons. The molecule has 2 N–H and O–H groups in total. The van der Waals surface area contributed by atoms with Crippen molar-refractivity contribution in [2.24, 2.45) is 0 Å². The molecular formula is C21H17F3N4. The van der Waals surface area contributed by atoms with E-state index in [2.05, 4.69) is 10.2 Å².